The van der Waals surface area contributed by atoms with Gasteiger partial charge in [-0.15, -0.1) is 0 Å². The Hall–Kier alpha value is -2.75. The van der Waals surface area contributed by atoms with E-state index in [9.17, 15) is 9.59 Å². The van der Waals surface area contributed by atoms with Crippen molar-refractivity contribution in [3.8, 4) is 11.8 Å². The zero-order valence-corrected chi connectivity index (χ0v) is 14.2. The number of carbonyl (C=O) groups excluding carboxylic acids is 2. The molecule has 0 aromatic heterocycles. The maximum absolute atomic E-state index is 12.0. The van der Waals surface area contributed by atoms with Gasteiger partial charge in [0.25, 0.3) is 0 Å². The molecule has 24 heavy (non-hydrogen) atoms. The first-order valence-corrected chi connectivity index (χ1v) is 7.67. The molecule has 2 N–H and O–H groups in total. The highest BCUT2D eigenvalue weighted by atomic mass is 16.5. The number of alkyl carbamates (subject to hydrolysis) is 1. The lowest BCUT2D eigenvalue weighted by Gasteiger charge is -2.19. The predicted octanol–water partition coefficient (Wildman–Crippen LogP) is 1.98. The van der Waals surface area contributed by atoms with E-state index in [1.54, 1.807) is 12.1 Å². The Bertz CT molecular complexity index is 596. The monoisotopic (exact) mass is 333 g/mol. The van der Waals surface area contributed by atoms with Crippen LogP contribution in [0, 0.1) is 17.2 Å². The molecule has 0 aliphatic rings. The molecular weight excluding hydrogens is 310 g/mol. The molecule has 1 aromatic carbocycles. The summed E-state index contributed by atoms with van der Waals surface area (Å²) in [4.78, 5) is 24.0. The lowest BCUT2D eigenvalue weighted by Crippen LogP contribution is -2.47. The fourth-order valence-electron chi connectivity index (χ4n) is 2.10. The molecule has 0 spiro atoms. The number of nitrogens with zero attached hydrogens (tertiary/aromatic N) is 1. The van der Waals surface area contributed by atoms with E-state index in [0.29, 0.717) is 12.2 Å². The van der Waals surface area contributed by atoms with Crippen LogP contribution in [0.15, 0.2) is 24.3 Å². The number of rotatable bonds is 8. The van der Waals surface area contributed by atoms with Crippen LogP contribution < -0.4 is 15.4 Å². The van der Waals surface area contributed by atoms with Gasteiger partial charge in [-0.05, 0) is 18.4 Å². The SMILES string of the molecule is COc1ccccc1COC(=O)N[C@@H](CC(C)C)C(=O)NCC#N. The highest BCUT2D eigenvalue weighted by Gasteiger charge is 2.22. The van der Waals surface area contributed by atoms with Crippen molar-refractivity contribution in [2.24, 2.45) is 5.92 Å². The van der Waals surface area contributed by atoms with Crippen LogP contribution in [0.2, 0.25) is 0 Å². The summed E-state index contributed by atoms with van der Waals surface area (Å²) in [6.07, 6.45) is -0.250. The quantitative estimate of drug-likeness (QED) is 0.709. The van der Waals surface area contributed by atoms with Gasteiger partial charge in [0, 0.05) is 5.56 Å². The van der Waals surface area contributed by atoms with Crippen LogP contribution in [-0.2, 0) is 16.1 Å². The van der Waals surface area contributed by atoms with Gasteiger partial charge in [0.15, 0.2) is 0 Å². The number of methoxy groups -OCH3 is 1. The number of ether oxygens (including phenoxy) is 2. The highest BCUT2D eigenvalue weighted by molar-refractivity contribution is 5.85. The van der Waals surface area contributed by atoms with E-state index in [2.05, 4.69) is 10.6 Å². The van der Waals surface area contributed by atoms with Crippen LogP contribution in [0.5, 0.6) is 5.75 Å². The molecule has 130 valence electrons. The number of hydrogen-bond acceptors (Lipinski definition) is 5. The third-order valence-electron chi connectivity index (χ3n) is 3.21. The van der Waals surface area contributed by atoms with Crippen molar-refractivity contribution in [2.45, 2.75) is 32.9 Å². The Morgan fingerprint density at radius 3 is 2.62 bits per heavy atom. The second-order valence-electron chi connectivity index (χ2n) is 5.59. The number of nitriles is 1. The summed E-state index contributed by atoms with van der Waals surface area (Å²) in [5.74, 6) is 0.410. The van der Waals surface area contributed by atoms with E-state index in [4.69, 9.17) is 14.7 Å². The Morgan fingerprint density at radius 2 is 2.00 bits per heavy atom. The van der Waals surface area contributed by atoms with Crippen molar-refractivity contribution in [1.29, 1.82) is 5.26 Å². The third-order valence-corrected chi connectivity index (χ3v) is 3.21. The second kappa shape index (κ2) is 10.1. The number of benzene rings is 1. The fraction of sp³-hybridized carbons (Fsp3) is 0.471. The smallest absolute Gasteiger partial charge is 0.408 e. The molecule has 0 fully saturated rings. The van der Waals surface area contributed by atoms with Crippen molar-refractivity contribution in [2.75, 3.05) is 13.7 Å². The molecule has 0 bridgehead atoms. The Morgan fingerprint density at radius 1 is 1.29 bits per heavy atom. The molecule has 1 atom stereocenters. The molecule has 1 rings (SSSR count). The number of amides is 2. The van der Waals surface area contributed by atoms with Crippen LogP contribution >= 0.6 is 0 Å². The summed E-state index contributed by atoms with van der Waals surface area (Å²) in [7, 11) is 1.54. The fourth-order valence-corrected chi connectivity index (χ4v) is 2.10. The minimum absolute atomic E-state index is 0.0318. The average molecular weight is 333 g/mol. The van der Waals surface area contributed by atoms with Crippen LogP contribution in [-0.4, -0.2) is 31.7 Å². The Kier molecular flexibility index (Phi) is 8.13. The van der Waals surface area contributed by atoms with Gasteiger partial charge >= 0.3 is 6.09 Å². The number of nitrogens with one attached hydrogen (secondary N) is 2. The molecule has 0 saturated heterocycles. The van der Waals surface area contributed by atoms with Gasteiger partial charge in [-0.1, -0.05) is 32.0 Å². The maximum Gasteiger partial charge on any atom is 0.408 e. The lowest BCUT2D eigenvalue weighted by molar-refractivity contribution is -0.123. The Balaban J connectivity index is 2.61. The molecule has 0 heterocycles. The van der Waals surface area contributed by atoms with E-state index < -0.39 is 18.0 Å². The Labute approximate surface area is 141 Å². The normalized spacial score (nSPS) is 11.3. The average Bonchev–Trinajstić information content (AvgIpc) is 2.57. The number of para-hydroxylation sites is 1. The zero-order valence-electron chi connectivity index (χ0n) is 14.2. The molecule has 0 unspecified atom stereocenters. The van der Waals surface area contributed by atoms with Crippen molar-refractivity contribution < 1.29 is 19.1 Å². The zero-order chi connectivity index (χ0) is 17.9. The van der Waals surface area contributed by atoms with Crippen molar-refractivity contribution in [1.82, 2.24) is 10.6 Å². The van der Waals surface area contributed by atoms with Crippen LogP contribution in [0.25, 0.3) is 0 Å². The van der Waals surface area contributed by atoms with Gasteiger partial charge < -0.3 is 20.1 Å². The van der Waals surface area contributed by atoms with Crippen LogP contribution in [0.3, 0.4) is 0 Å². The predicted molar refractivity (Wildman–Crippen MR) is 88.2 cm³/mol. The first kappa shape index (κ1) is 19.3. The summed E-state index contributed by atoms with van der Waals surface area (Å²) in [5, 5.41) is 13.5. The van der Waals surface area contributed by atoms with Gasteiger partial charge in [0.05, 0.1) is 13.2 Å². The third kappa shape index (κ3) is 6.57. The molecule has 7 nitrogen and oxygen atoms in total. The second-order valence-corrected chi connectivity index (χ2v) is 5.59. The van der Waals surface area contributed by atoms with Gasteiger partial charge in [-0.2, -0.15) is 5.26 Å². The van der Waals surface area contributed by atoms with E-state index in [1.165, 1.54) is 7.11 Å². The summed E-state index contributed by atoms with van der Waals surface area (Å²) >= 11 is 0. The molecule has 0 aliphatic heterocycles. The van der Waals surface area contributed by atoms with Gasteiger partial charge in [-0.25, -0.2) is 4.79 Å². The number of carbonyl (C=O) groups is 2. The van der Waals surface area contributed by atoms with Crippen molar-refractivity contribution >= 4 is 12.0 Å². The largest absolute Gasteiger partial charge is 0.496 e. The minimum atomic E-state index is -0.747. The van der Waals surface area contributed by atoms with Gasteiger partial charge in [-0.3, -0.25) is 4.79 Å². The van der Waals surface area contributed by atoms with Crippen LogP contribution in [0.4, 0.5) is 4.79 Å². The standard InChI is InChI=1S/C17H23N3O4/c1-12(2)10-14(16(21)19-9-8-18)20-17(22)24-11-13-6-4-5-7-15(13)23-3/h4-7,12,14H,9-11H2,1-3H3,(H,19,21)(H,20,22)/t14-/m0/s1. The van der Waals surface area contributed by atoms with Crippen LogP contribution in [0.1, 0.15) is 25.8 Å². The molecule has 0 saturated carbocycles. The van der Waals surface area contributed by atoms with Crippen molar-refractivity contribution in [3.63, 3.8) is 0 Å². The molecule has 7 heteroatoms. The number of hydrogen-bond donors (Lipinski definition) is 2. The first-order valence-electron chi connectivity index (χ1n) is 7.67. The summed E-state index contributed by atoms with van der Waals surface area (Å²) < 4.78 is 10.3. The topological polar surface area (TPSA) is 100 Å². The van der Waals surface area contributed by atoms with E-state index in [0.717, 1.165) is 5.56 Å². The molecule has 1 aromatic rings. The summed E-state index contributed by atoms with van der Waals surface area (Å²) in [6, 6.07) is 8.28. The van der Waals surface area contributed by atoms with Gasteiger partial charge in [0.1, 0.15) is 24.9 Å². The first-order chi connectivity index (χ1) is 11.5. The highest BCUT2D eigenvalue weighted by Crippen LogP contribution is 2.18. The molecule has 2 amide bonds. The lowest BCUT2D eigenvalue weighted by atomic mass is 10.0. The van der Waals surface area contributed by atoms with E-state index >= 15 is 0 Å². The summed E-state index contributed by atoms with van der Waals surface area (Å²) in [5.41, 5.74) is 0.726. The van der Waals surface area contributed by atoms with Gasteiger partial charge in [0.2, 0.25) is 5.91 Å². The maximum atomic E-state index is 12.0. The van der Waals surface area contributed by atoms with E-state index in [-0.39, 0.29) is 19.1 Å². The molecular formula is C17H23N3O4. The minimum Gasteiger partial charge on any atom is -0.496 e. The molecule has 0 radical (unpaired) electrons. The van der Waals surface area contributed by atoms with Crippen molar-refractivity contribution in [3.05, 3.63) is 29.8 Å². The summed E-state index contributed by atoms with van der Waals surface area (Å²) in [6.45, 7) is 3.80. The van der Waals surface area contributed by atoms with E-state index in [1.807, 2.05) is 32.0 Å². The molecule has 0 aliphatic carbocycles.